The summed E-state index contributed by atoms with van der Waals surface area (Å²) in [5, 5.41) is 2.47. The van der Waals surface area contributed by atoms with Gasteiger partial charge in [0.05, 0.1) is 6.54 Å². The van der Waals surface area contributed by atoms with E-state index < -0.39 is 5.91 Å². The number of nitrogens with one attached hydrogen (secondary N) is 1. The van der Waals surface area contributed by atoms with Gasteiger partial charge in [0, 0.05) is 6.42 Å². The zero-order valence-corrected chi connectivity index (χ0v) is 9.11. The molecule has 0 aromatic carbocycles. The van der Waals surface area contributed by atoms with Crippen LogP contribution in [0.15, 0.2) is 36.0 Å². The van der Waals surface area contributed by atoms with E-state index in [0.717, 1.165) is 18.4 Å². The second-order valence-electron chi connectivity index (χ2n) is 3.58. The normalized spacial score (nSPS) is 20.1. The molecule has 4 nitrogen and oxygen atoms in total. The van der Waals surface area contributed by atoms with E-state index in [1.54, 1.807) is 0 Å². The lowest BCUT2D eigenvalue weighted by molar-refractivity contribution is -0.124. The van der Waals surface area contributed by atoms with Gasteiger partial charge in [-0.15, -0.1) is 0 Å². The first-order valence-electron chi connectivity index (χ1n) is 5.23. The summed E-state index contributed by atoms with van der Waals surface area (Å²) < 4.78 is 0. The quantitative estimate of drug-likeness (QED) is 0.688. The summed E-state index contributed by atoms with van der Waals surface area (Å²) in [7, 11) is 0. The molecule has 0 spiro atoms. The minimum atomic E-state index is -0.525. The summed E-state index contributed by atoms with van der Waals surface area (Å²) in [6.45, 7) is -0.0954. The van der Waals surface area contributed by atoms with Gasteiger partial charge in [-0.05, 0) is 12.8 Å². The van der Waals surface area contributed by atoms with Crippen LogP contribution in [-0.2, 0) is 9.59 Å². The van der Waals surface area contributed by atoms with Crippen LogP contribution in [0.3, 0.4) is 0 Å². The molecule has 1 aliphatic carbocycles. The van der Waals surface area contributed by atoms with Crippen molar-refractivity contribution in [1.29, 1.82) is 0 Å². The number of rotatable bonds is 4. The van der Waals surface area contributed by atoms with E-state index in [9.17, 15) is 9.59 Å². The smallest absolute Gasteiger partial charge is 0.236 e. The van der Waals surface area contributed by atoms with Gasteiger partial charge in [0.25, 0.3) is 0 Å². The summed E-state index contributed by atoms with van der Waals surface area (Å²) >= 11 is 0. The van der Waals surface area contributed by atoms with Crippen LogP contribution in [0.2, 0.25) is 0 Å². The summed E-state index contributed by atoms with van der Waals surface area (Å²) in [6, 6.07) is 0. The molecule has 3 N–H and O–H groups in total. The van der Waals surface area contributed by atoms with Crippen molar-refractivity contribution < 1.29 is 9.59 Å². The van der Waals surface area contributed by atoms with Gasteiger partial charge in [-0.3, -0.25) is 9.59 Å². The molecule has 0 aromatic rings. The minimum absolute atomic E-state index is 0.0954. The molecule has 0 fully saturated rings. The van der Waals surface area contributed by atoms with Crippen molar-refractivity contribution >= 4 is 11.8 Å². The molecule has 1 aliphatic rings. The van der Waals surface area contributed by atoms with Crippen molar-refractivity contribution in [2.45, 2.75) is 19.3 Å². The predicted molar refractivity (Wildman–Crippen MR) is 62.4 cm³/mol. The highest BCUT2D eigenvalue weighted by atomic mass is 16.2. The standard InChI is InChI=1S/C12H16N2O2/c13-11(15)9-14-12(16)8-10-6-4-2-1-3-5-7-10/h1-4,7H,5-6,8-9H2,(H2,13,15)(H,14,16)/b3-1-,4-2?,10-7+. The summed E-state index contributed by atoms with van der Waals surface area (Å²) in [4.78, 5) is 21.9. The number of nitrogens with two attached hydrogens (primary N) is 1. The first-order chi connectivity index (χ1) is 7.68. The topological polar surface area (TPSA) is 72.2 Å². The van der Waals surface area contributed by atoms with E-state index in [-0.39, 0.29) is 12.5 Å². The van der Waals surface area contributed by atoms with Gasteiger partial charge in [-0.25, -0.2) is 0 Å². The fourth-order valence-electron chi connectivity index (χ4n) is 1.37. The molecule has 0 bridgehead atoms. The van der Waals surface area contributed by atoms with Crippen LogP contribution in [0, 0.1) is 0 Å². The van der Waals surface area contributed by atoms with Gasteiger partial charge in [0.15, 0.2) is 0 Å². The van der Waals surface area contributed by atoms with Gasteiger partial charge >= 0.3 is 0 Å². The van der Waals surface area contributed by atoms with Crippen LogP contribution >= 0.6 is 0 Å². The van der Waals surface area contributed by atoms with Crippen molar-refractivity contribution in [3.05, 3.63) is 36.0 Å². The lowest BCUT2D eigenvalue weighted by atomic mass is 10.0. The maximum atomic E-state index is 11.4. The van der Waals surface area contributed by atoms with E-state index in [4.69, 9.17) is 5.73 Å². The Hall–Kier alpha value is -1.84. The zero-order chi connectivity index (χ0) is 11.8. The largest absolute Gasteiger partial charge is 0.368 e. The van der Waals surface area contributed by atoms with E-state index >= 15 is 0 Å². The molecule has 0 radical (unpaired) electrons. The Morgan fingerprint density at radius 2 is 2.06 bits per heavy atom. The molecule has 0 aromatic heterocycles. The van der Waals surface area contributed by atoms with E-state index in [1.807, 2.05) is 30.4 Å². The summed E-state index contributed by atoms with van der Waals surface area (Å²) in [6.07, 6.45) is 11.9. The Labute approximate surface area is 94.9 Å². The van der Waals surface area contributed by atoms with E-state index in [1.165, 1.54) is 0 Å². The third-order valence-corrected chi connectivity index (χ3v) is 2.15. The fraction of sp³-hybridized carbons (Fsp3) is 0.333. The average Bonchev–Trinajstić information content (AvgIpc) is 2.19. The van der Waals surface area contributed by atoms with Crippen LogP contribution < -0.4 is 11.1 Å². The summed E-state index contributed by atoms with van der Waals surface area (Å²) in [5.41, 5.74) is 5.99. The number of hydrogen-bond donors (Lipinski definition) is 2. The highest BCUT2D eigenvalue weighted by molar-refractivity contribution is 5.84. The second kappa shape index (κ2) is 6.61. The lowest BCUT2D eigenvalue weighted by Gasteiger charge is -2.06. The number of amides is 2. The molecule has 86 valence electrons. The van der Waals surface area contributed by atoms with Crippen LogP contribution in [0.5, 0.6) is 0 Å². The van der Waals surface area contributed by atoms with E-state index in [0.29, 0.717) is 6.42 Å². The first-order valence-corrected chi connectivity index (χ1v) is 5.23. The molecule has 0 saturated carbocycles. The Bertz CT molecular complexity index is 354. The van der Waals surface area contributed by atoms with Gasteiger partial charge in [-0.1, -0.05) is 36.0 Å². The SMILES string of the molecule is NC(=O)CNC(=O)C/C1=C/C/C=C\C=CC1. The maximum absolute atomic E-state index is 11.4. The van der Waals surface area contributed by atoms with Crippen molar-refractivity contribution in [3.8, 4) is 0 Å². The lowest BCUT2D eigenvalue weighted by Crippen LogP contribution is -2.33. The number of carbonyl (C=O) groups excluding carboxylic acids is 2. The molecular formula is C12H16N2O2. The fourth-order valence-corrected chi connectivity index (χ4v) is 1.37. The molecule has 16 heavy (non-hydrogen) atoms. The average molecular weight is 220 g/mol. The number of carbonyl (C=O) groups is 2. The first kappa shape index (κ1) is 12.2. The Kier molecular flexibility index (Phi) is 5.05. The number of hydrogen-bond acceptors (Lipinski definition) is 2. The van der Waals surface area contributed by atoms with Crippen LogP contribution in [-0.4, -0.2) is 18.4 Å². The predicted octanol–water partition coefficient (Wildman–Crippen LogP) is 0.811. The Morgan fingerprint density at radius 3 is 2.81 bits per heavy atom. The monoisotopic (exact) mass is 220 g/mol. The van der Waals surface area contributed by atoms with Crippen LogP contribution in [0.4, 0.5) is 0 Å². The zero-order valence-electron chi connectivity index (χ0n) is 9.11. The number of allylic oxidation sites excluding steroid dienone is 5. The molecule has 2 amide bonds. The van der Waals surface area contributed by atoms with Crippen LogP contribution in [0.1, 0.15) is 19.3 Å². The van der Waals surface area contributed by atoms with Gasteiger partial charge in [-0.2, -0.15) is 0 Å². The van der Waals surface area contributed by atoms with Crippen molar-refractivity contribution in [3.63, 3.8) is 0 Å². The molecular weight excluding hydrogens is 204 g/mol. The highest BCUT2D eigenvalue weighted by Crippen LogP contribution is 2.11. The molecule has 4 heteroatoms. The summed E-state index contributed by atoms with van der Waals surface area (Å²) in [5.74, 6) is -0.689. The van der Waals surface area contributed by atoms with Crippen molar-refractivity contribution in [2.75, 3.05) is 6.54 Å². The minimum Gasteiger partial charge on any atom is -0.368 e. The molecule has 0 aliphatic heterocycles. The number of primary amides is 1. The Balaban J connectivity index is 2.40. The second-order valence-corrected chi connectivity index (χ2v) is 3.58. The van der Waals surface area contributed by atoms with Crippen molar-refractivity contribution in [2.24, 2.45) is 5.73 Å². The third kappa shape index (κ3) is 5.14. The third-order valence-electron chi connectivity index (χ3n) is 2.15. The van der Waals surface area contributed by atoms with E-state index in [2.05, 4.69) is 5.32 Å². The van der Waals surface area contributed by atoms with Gasteiger partial charge < -0.3 is 11.1 Å². The highest BCUT2D eigenvalue weighted by Gasteiger charge is 2.05. The maximum Gasteiger partial charge on any atom is 0.236 e. The Morgan fingerprint density at radius 1 is 1.31 bits per heavy atom. The molecule has 0 heterocycles. The van der Waals surface area contributed by atoms with Crippen LogP contribution in [0.25, 0.3) is 0 Å². The van der Waals surface area contributed by atoms with Gasteiger partial charge in [0.2, 0.25) is 11.8 Å². The van der Waals surface area contributed by atoms with Crippen molar-refractivity contribution in [1.82, 2.24) is 5.32 Å². The molecule has 0 saturated heterocycles. The molecule has 0 atom stereocenters. The van der Waals surface area contributed by atoms with Gasteiger partial charge in [0.1, 0.15) is 0 Å². The molecule has 1 rings (SSSR count). The molecule has 0 unspecified atom stereocenters.